The van der Waals surface area contributed by atoms with Crippen molar-refractivity contribution in [2.75, 3.05) is 20.2 Å². The van der Waals surface area contributed by atoms with Crippen molar-refractivity contribution in [3.05, 3.63) is 33.8 Å². The van der Waals surface area contributed by atoms with Gasteiger partial charge in [0.25, 0.3) is 0 Å². The SMILES string of the molecule is CN(CCO)C(=O)Cc1ccc(Cl)c(Cl)c1. The third-order valence-electron chi connectivity index (χ3n) is 2.20. The molecule has 5 heteroatoms. The maximum absolute atomic E-state index is 11.6. The van der Waals surface area contributed by atoms with Crippen LogP contribution in [0.1, 0.15) is 5.56 Å². The van der Waals surface area contributed by atoms with Gasteiger partial charge in [-0.05, 0) is 17.7 Å². The molecule has 1 aromatic rings. The summed E-state index contributed by atoms with van der Waals surface area (Å²) in [5.74, 6) is -0.0626. The molecule has 1 N–H and O–H groups in total. The molecular weight excluding hydrogens is 249 g/mol. The lowest BCUT2D eigenvalue weighted by molar-refractivity contribution is -0.129. The summed E-state index contributed by atoms with van der Waals surface area (Å²) in [6.45, 7) is 0.295. The van der Waals surface area contributed by atoms with Gasteiger partial charge in [0, 0.05) is 13.6 Å². The summed E-state index contributed by atoms with van der Waals surface area (Å²) in [5.41, 5.74) is 0.809. The van der Waals surface area contributed by atoms with Crippen LogP contribution in [0.4, 0.5) is 0 Å². The molecule has 0 spiro atoms. The molecule has 1 rings (SSSR count). The molecule has 1 amide bonds. The summed E-state index contributed by atoms with van der Waals surface area (Å²) >= 11 is 11.6. The van der Waals surface area contributed by atoms with Gasteiger partial charge in [0.1, 0.15) is 0 Å². The first-order valence-corrected chi connectivity index (χ1v) is 5.59. The molecular formula is C11H13Cl2NO2. The lowest BCUT2D eigenvalue weighted by Gasteiger charge is -2.15. The molecule has 3 nitrogen and oxygen atoms in total. The molecule has 0 heterocycles. The highest BCUT2D eigenvalue weighted by Crippen LogP contribution is 2.22. The second-order valence-corrected chi connectivity index (χ2v) is 4.28. The van der Waals surface area contributed by atoms with E-state index in [4.69, 9.17) is 28.3 Å². The van der Waals surface area contributed by atoms with Crippen LogP contribution in [0.25, 0.3) is 0 Å². The number of carbonyl (C=O) groups excluding carboxylic acids is 1. The molecule has 0 radical (unpaired) electrons. The maximum Gasteiger partial charge on any atom is 0.226 e. The Morgan fingerprint density at radius 3 is 2.62 bits per heavy atom. The van der Waals surface area contributed by atoms with Crippen molar-refractivity contribution >= 4 is 29.1 Å². The van der Waals surface area contributed by atoms with Gasteiger partial charge in [-0.1, -0.05) is 29.3 Å². The molecule has 88 valence electrons. The average Bonchev–Trinajstić information content (AvgIpc) is 2.24. The fraction of sp³-hybridized carbons (Fsp3) is 0.364. The van der Waals surface area contributed by atoms with E-state index >= 15 is 0 Å². The normalized spacial score (nSPS) is 10.2. The number of halogens is 2. The van der Waals surface area contributed by atoms with Gasteiger partial charge in [0.2, 0.25) is 5.91 Å². The standard InChI is InChI=1S/C11H13Cl2NO2/c1-14(4-5-15)11(16)7-8-2-3-9(12)10(13)6-8/h2-3,6,15H,4-5,7H2,1H3. The molecule has 0 aliphatic carbocycles. The Balaban J connectivity index is 2.66. The minimum Gasteiger partial charge on any atom is -0.395 e. The molecule has 16 heavy (non-hydrogen) atoms. The molecule has 1 aromatic carbocycles. The second-order valence-electron chi connectivity index (χ2n) is 3.46. The molecule has 0 saturated heterocycles. The summed E-state index contributed by atoms with van der Waals surface area (Å²) < 4.78 is 0. The number of hydrogen-bond donors (Lipinski definition) is 1. The second kappa shape index (κ2) is 6.09. The van der Waals surface area contributed by atoms with E-state index in [0.29, 0.717) is 16.6 Å². The predicted octanol–water partition coefficient (Wildman–Crippen LogP) is 1.99. The van der Waals surface area contributed by atoms with Crippen LogP contribution in [0.3, 0.4) is 0 Å². The predicted molar refractivity (Wildman–Crippen MR) is 64.9 cm³/mol. The van der Waals surface area contributed by atoms with Crippen LogP contribution in [0, 0.1) is 0 Å². The molecule has 0 aliphatic heterocycles. The first-order valence-electron chi connectivity index (χ1n) is 4.83. The fourth-order valence-electron chi connectivity index (χ4n) is 1.23. The Morgan fingerprint density at radius 2 is 2.06 bits per heavy atom. The highest BCUT2D eigenvalue weighted by Gasteiger charge is 2.09. The van der Waals surface area contributed by atoms with Crippen molar-refractivity contribution in [3.8, 4) is 0 Å². The molecule has 0 fully saturated rings. The summed E-state index contributed by atoms with van der Waals surface area (Å²) in [6, 6.07) is 5.10. The van der Waals surface area contributed by atoms with Crippen LogP contribution in [0.15, 0.2) is 18.2 Å². The molecule has 0 aliphatic rings. The van der Waals surface area contributed by atoms with E-state index in [2.05, 4.69) is 0 Å². The highest BCUT2D eigenvalue weighted by atomic mass is 35.5. The first-order chi connectivity index (χ1) is 7.54. The van der Waals surface area contributed by atoms with Crippen LogP contribution < -0.4 is 0 Å². The monoisotopic (exact) mass is 261 g/mol. The summed E-state index contributed by atoms with van der Waals surface area (Å²) in [4.78, 5) is 13.1. The molecule has 0 atom stereocenters. The summed E-state index contributed by atoms with van der Waals surface area (Å²) in [5, 5.41) is 9.61. The van der Waals surface area contributed by atoms with Crippen LogP contribution in [0.5, 0.6) is 0 Å². The van der Waals surface area contributed by atoms with Gasteiger partial charge in [-0.3, -0.25) is 4.79 Å². The lowest BCUT2D eigenvalue weighted by atomic mass is 10.1. The van der Waals surface area contributed by atoms with Gasteiger partial charge in [-0.25, -0.2) is 0 Å². The number of benzene rings is 1. The van der Waals surface area contributed by atoms with Crippen molar-refractivity contribution in [2.45, 2.75) is 6.42 Å². The van der Waals surface area contributed by atoms with Crippen LogP contribution >= 0.6 is 23.2 Å². The first kappa shape index (κ1) is 13.3. The van der Waals surface area contributed by atoms with Gasteiger partial charge < -0.3 is 10.0 Å². The highest BCUT2D eigenvalue weighted by molar-refractivity contribution is 6.42. The topological polar surface area (TPSA) is 40.5 Å². The van der Waals surface area contributed by atoms with Crippen molar-refractivity contribution < 1.29 is 9.90 Å². The third-order valence-corrected chi connectivity index (χ3v) is 2.94. The van der Waals surface area contributed by atoms with Gasteiger partial charge >= 0.3 is 0 Å². The van der Waals surface area contributed by atoms with E-state index in [1.165, 1.54) is 4.90 Å². The average molecular weight is 262 g/mol. The number of amides is 1. The van der Waals surface area contributed by atoms with Crippen molar-refractivity contribution in [1.29, 1.82) is 0 Å². The minimum atomic E-state index is -0.0626. The Hall–Kier alpha value is -0.770. The van der Waals surface area contributed by atoms with E-state index in [-0.39, 0.29) is 18.9 Å². The van der Waals surface area contributed by atoms with Crippen molar-refractivity contribution in [1.82, 2.24) is 4.90 Å². The Bertz CT molecular complexity index is 382. The number of nitrogens with zero attached hydrogens (tertiary/aromatic N) is 1. The zero-order valence-electron chi connectivity index (χ0n) is 8.91. The zero-order valence-corrected chi connectivity index (χ0v) is 10.4. The molecule has 0 unspecified atom stereocenters. The smallest absolute Gasteiger partial charge is 0.226 e. The van der Waals surface area contributed by atoms with Gasteiger partial charge in [0.15, 0.2) is 0 Å². The third kappa shape index (κ3) is 3.67. The number of rotatable bonds is 4. The fourth-order valence-corrected chi connectivity index (χ4v) is 1.55. The number of carbonyl (C=O) groups is 1. The van der Waals surface area contributed by atoms with Gasteiger partial charge in [-0.15, -0.1) is 0 Å². The van der Waals surface area contributed by atoms with E-state index < -0.39 is 0 Å². The van der Waals surface area contributed by atoms with Gasteiger partial charge in [0.05, 0.1) is 23.1 Å². The van der Waals surface area contributed by atoms with Gasteiger partial charge in [-0.2, -0.15) is 0 Å². The lowest BCUT2D eigenvalue weighted by Crippen LogP contribution is -2.30. The Labute approximate surface area is 105 Å². The summed E-state index contributed by atoms with van der Waals surface area (Å²) in [6.07, 6.45) is 0.257. The zero-order chi connectivity index (χ0) is 12.1. The van der Waals surface area contributed by atoms with Crippen molar-refractivity contribution in [2.24, 2.45) is 0 Å². The number of aliphatic hydroxyl groups is 1. The Morgan fingerprint density at radius 1 is 1.38 bits per heavy atom. The van der Waals surface area contributed by atoms with E-state index in [1.807, 2.05) is 0 Å². The largest absolute Gasteiger partial charge is 0.395 e. The summed E-state index contributed by atoms with van der Waals surface area (Å²) in [7, 11) is 1.65. The molecule has 0 aromatic heterocycles. The molecule has 0 bridgehead atoms. The number of likely N-dealkylation sites (N-methyl/N-ethyl adjacent to an activating group) is 1. The van der Waals surface area contributed by atoms with Crippen molar-refractivity contribution in [3.63, 3.8) is 0 Å². The maximum atomic E-state index is 11.6. The van der Waals surface area contributed by atoms with E-state index in [0.717, 1.165) is 5.56 Å². The van der Waals surface area contributed by atoms with E-state index in [9.17, 15) is 4.79 Å². The van der Waals surface area contributed by atoms with Crippen LogP contribution in [-0.4, -0.2) is 36.1 Å². The van der Waals surface area contributed by atoms with Crippen LogP contribution in [-0.2, 0) is 11.2 Å². The van der Waals surface area contributed by atoms with Crippen LogP contribution in [0.2, 0.25) is 10.0 Å². The molecule has 0 saturated carbocycles. The van der Waals surface area contributed by atoms with E-state index in [1.54, 1.807) is 25.2 Å². The Kier molecular flexibility index (Phi) is 5.06. The quantitative estimate of drug-likeness (QED) is 0.901. The minimum absolute atomic E-state index is 0.0381. The number of aliphatic hydroxyl groups excluding tert-OH is 1. The number of hydrogen-bond acceptors (Lipinski definition) is 2.